The zero-order valence-corrected chi connectivity index (χ0v) is 16.6. The van der Waals surface area contributed by atoms with Crippen LogP contribution in [0.4, 0.5) is 4.39 Å². The van der Waals surface area contributed by atoms with Gasteiger partial charge in [0.05, 0.1) is 18.4 Å². The molecule has 30 heavy (non-hydrogen) atoms. The van der Waals surface area contributed by atoms with Crippen LogP contribution in [0.3, 0.4) is 0 Å². The van der Waals surface area contributed by atoms with E-state index in [1.54, 1.807) is 23.9 Å². The van der Waals surface area contributed by atoms with E-state index in [1.807, 2.05) is 30.5 Å². The Morgan fingerprint density at radius 2 is 2.00 bits per heavy atom. The SMILES string of the molecule is Cc1nc2cc(-c3nc(C#N)ccc3-c3cnn(CC4(F)CCCC4)c3)ccc2o1. The largest absolute Gasteiger partial charge is 0.441 e. The number of hydrogen-bond donors (Lipinski definition) is 0. The van der Waals surface area contributed by atoms with Gasteiger partial charge in [0.1, 0.15) is 22.9 Å². The lowest BCUT2D eigenvalue weighted by atomic mass is 10.0. The fraction of sp³-hybridized carbons (Fsp3) is 0.304. The van der Waals surface area contributed by atoms with Crippen molar-refractivity contribution in [3.63, 3.8) is 0 Å². The number of nitriles is 1. The van der Waals surface area contributed by atoms with E-state index >= 15 is 0 Å². The third-order valence-corrected chi connectivity index (χ3v) is 5.67. The van der Waals surface area contributed by atoms with E-state index in [0.717, 1.165) is 35.0 Å². The van der Waals surface area contributed by atoms with Crippen LogP contribution in [-0.4, -0.2) is 25.4 Å². The van der Waals surface area contributed by atoms with Crippen molar-refractivity contribution in [2.45, 2.75) is 44.8 Å². The molecule has 0 atom stereocenters. The van der Waals surface area contributed by atoms with Gasteiger partial charge in [0.15, 0.2) is 11.5 Å². The van der Waals surface area contributed by atoms with Crippen LogP contribution in [0.15, 0.2) is 47.1 Å². The molecule has 0 radical (unpaired) electrons. The molecule has 1 saturated carbocycles. The van der Waals surface area contributed by atoms with Gasteiger partial charge < -0.3 is 4.42 Å². The summed E-state index contributed by atoms with van der Waals surface area (Å²) in [5.74, 6) is 0.592. The second-order valence-electron chi connectivity index (χ2n) is 7.90. The molecule has 0 bridgehead atoms. The molecule has 0 N–H and O–H groups in total. The molecule has 1 aromatic carbocycles. The molecule has 0 unspecified atom stereocenters. The minimum absolute atomic E-state index is 0.260. The van der Waals surface area contributed by atoms with Crippen LogP contribution in [-0.2, 0) is 6.54 Å². The van der Waals surface area contributed by atoms with Crippen LogP contribution in [0.2, 0.25) is 0 Å². The van der Waals surface area contributed by atoms with Gasteiger partial charge in [0.25, 0.3) is 0 Å². The van der Waals surface area contributed by atoms with Gasteiger partial charge in [0, 0.05) is 29.8 Å². The number of aryl methyl sites for hydroxylation is 1. The number of fused-ring (bicyclic) bond motifs is 1. The van der Waals surface area contributed by atoms with Gasteiger partial charge in [-0.3, -0.25) is 4.68 Å². The average molecular weight is 401 g/mol. The van der Waals surface area contributed by atoms with Crippen LogP contribution in [0.5, 0.6) is 0 Å². The van der Waals surface area contributed by atoms with Crippen molar-refractivity contribution in [2.24, 2.45) is 0 Å². The Kier molecular flexibility index (Phi) is 4.35. The zero-order chi connectivity index (χ0) is 20.7. The van der Waals surface area contributed by atoms with Gasteiger partial charge in [-0.25, -0.2) is 14.4 Å². The van der Waals surface area contributed by atoms with Crippen molar-refractivity contribution in [1.82, 2.24) is 19.7 Å². The van der Waals surface area contributed by atoms with Crippen molar-refractivity contribution >= 4 is 11.1 Å². The van der Waals surface area contributed by atoms with Gasteiger partial charge in [0.2, 0.25) is 0 Å². The molecule has 6 nitrogen and oxygen atoms in total. The fourth-order valence-electron chi connectivity index (χ4n) is 4.21. The number of rotatable bonds is 4. The molecule has 0 spiro atoms. The predicted octanol–water partition coefficient (Wildman–Crippen LogP) is 5.22. The first kappa shape index (κ1) is 18.5. The molecule has 1 aliphatic carbocycles. The topological polar surface area (TPSA) is 80.5 Å². The number of alkyl halides is 1. The number of halogens is 1. The third-order valence-electron chi connectivity index (χ3n) is 5.67. The first-order chi connectivity index (χ1) is 14.5. The Morgan fingerprint density at radius 1 is 1.17 bits per heavy atom. The monoisotopic (exact) mass is 401 g/mol. The van der Waals surface area contributed by atoms with Crippen LogP contribution < -0.4 is 0 Å². The van der Waals surface area contributed by atoms with Crippen molar-refractivity contribution in [1.29, 1.82) is 5.26 Å². The highest BCUT2D eigenvalue weighted by molar-refractivity contribution is 5.86. The quantitative estimate of drug-likeness (QED) is 0.469. The lowest BCUT2D eigenvalue weighted by Crippen LogP contribution is -2.25. The highest BCUT2D eigenvalue weighted by atomic mass is 19.1. The summed E-state index contributed by atoms with van der Waals surface area (Å²) in [5, 5.41) is 13.7. The number of aromatic nitrogens is 4. The van der Waals surface area contributed by atoms with E-state index in [0.29, 0.717) is 35.7 Å². The van der Waals surface area contributed by atoms with Crippen molar-refractivity contribution in [3.8, 4) is 28.5 Å². The molecule has 3 aromatic heterocycles. The van der Waals surface area contributed by atoms with Crippen molar-refractivity contribution in [3.05, 3.63) is 54.3 Å². The van der Waals surface area contributed by atoms with E-state index in [-0.39, 0.29) is 6.54 Å². The molecule has 7 heteroatoms. The lowest BCUT2D eigenvalue weighted by molar-refractivity contribution is 0.139. The van der Waals surface area contributed by atoms with Gasteiger partial charge in [-0.05, 0) is 43.2 Å². The molecule has 1 aliphatic rings. The molecule has 4 aromatic rings. The molecular formula is C23H20FN5O. The molecule has 5 rings (SSSR count). The van der Waals surface area contributed by atoms with E-state index in [9.17, 15) is 9.65 Å². The second-order valence-corrected chi connectivity index (χ2v) is 7.90. The fourth-order valence-corrected chi connectivity index (χ4v) is 4.21. The highest BCUT2D eigenvalue weighted by Gasteiger charge is 2.34. The normalized spacial score (nSPS) is 15.5. The molecule has 150 valence electrons. The third kappa shape index (κ3) is 3.35. The van der Waals surface area contributed by atoms with Crippen LogP contribution >= 0.6 is 0 Å². The van der Waals surface area contributed by atoms with Crippen LogP contribution in [0, 0.1) is 18.3 Å². The Morgan fingerprint density at radius 3 is 2.80 bits per heavy atom. The van der Waals surface area contributed by atoms with E-state index in [2.05, 4.69) is 21.1 Å². The van der Waals surface area contributed by atoms with Crippen molar-refractivity contribution in [2.75, 3.05) is 0 Å². The van der Waals surface area contributed by atoms with Gasteiger partial charge in [-0.2, -0.15) is 10.4 Å². The Hall–Kier alpha value is -3.53. The minimum atomic E-state index is -1.18. The summed E-state index contributed by atoms with van der Waals surface area (Å²) in [4.78, 5) is 8.94. The molecule has 0 saturated heterocycles. The number of nitrogens with zero attached hydrogens (tertiary/aromatic N) is 5. The summed E-state index contributed by atoms with van der Waals surface area (Å²) in [5.41, 5.74) is 3.74. The smallest absolute Gasteiger partial charge is 0.192 e. The maximum absolute atomic E-state index is 14.9. The summed E-state index contributed by atoms with van der Waals surface area (Å²) in [7, 11) is 0. The minimum Gasteiger partial charge on any atom is -0.441 e. The molecule has 0 amide bonds. The summed E-state index contributed by atoms with van der Waals surface area (Å²) >= 11 is 0. The van der Waals surface area contributed by atoms with E-state index in [1.165, 1.54) is 0 Å². The van der Waals surface area contributed by atoms with Crippen LogP contribution in [0.25, 0.3) is 33.5 Å². The summed E-state index contributed by atoms with van der Waals surface area (Å²) < 4.78 is 22.1. The first-order valence-electron chi connectivity index (χ1n) is 10.0. The summed E-state index contributed by atoms with van der Waals surface area (Å²) in [6.07, 6.45) is 6.61. The Balaban J connectivity index is 1.56. The molecule has 1 fully saturated rings. The number of oxazole rings is 1. The number of benzene rings is 1. The average Bonchev–Trinajstić information content (AvgIpc) is 3.46. The maximum atomic E-state index is 14.9. The van der Waals surface area contributed by atoms with Gasteiger partial charge >= 0.3 is 0 Å². The summed E-state index contributed by atoms with van der Waals surface area (Å²) in [6.45, 7) is 2.06. The lowest BCUT2D eigenvalue weighted by Gasteiger charge is -2.18. The van der Waals surface area contributed by atoms with E-state index < -0.39 is 5.67 Å². The molecule has 0 aliphatic heterocycles. The summed E-state index contributed by atoms with van der Waals surface area (Å²) in [6, 6.07) is 11.3. The van der Waals surface area contributed by atoms with Gasteiger partial charge in [-0.15, -0.1) is 0 Å². The number of hydrogen-bond acceptors (Lipinski definition) is 5. The zero-order valence-electron chi connectivity index (χ0n) is 16.6. The second kappa shape index (κ2) is 7.06. The molecular weight excluding hydrogens is 381 g/mol. The highest BCUT2D eigenvalue weighted by Crippen LogP contribution is 2.36. The first-order valence-corrected chi connectivity index (χ1v) is 10.0. The van der Waals surface area contributed by atoms with Crippen LogP contribution in [0.1, 0.15) is 37.3 Å². The standard InChI is InChI=1S/C23H20FN5O/c1-15-27-20-10-16(4-7-21(20)30-15)22-19(6-5-18(11-25)28-22)17-12-26-29(13-17)14-23(24)8-2-3-9-23/h4-7,10,12-13H,2-3,8-9,14H2,1H3. The van der Waals surface area contributed by atoms with Gasteiger partial charge in [-0.1, -0.05) is 12.8 Å². The predicted molar refractivity (Wildman–Crippen MR) is 110 cm³/mol. The number of pyridine rings is 1. The Labute approximate surface area is 173 Å². The van der Waals surface area contributed by atoms with E-state index in [4.69, 9.17) is 4.42 Å². The van der Waals surface area contributed by atoms with Crippen molar-refractivity contribution < 1.29 is 8.81 Å². The molecule has 3 heterocycles. The Bertz CT molecular complexity index is 1280. The maximum Gasteiger partial charge on any atom is 0.192 e.